The second kappa shape index (κ2) is 5.16. The Kier molecular flexibility index (Phi) is 4.14. The minimum atomic E-state index is -1.07. The molecule has 0 saturated carbocycles. The molecule has 4 nitrogen and oxygen atoms in total. The SMILES string of the molecule is N=C(N)c1ccccc1C(O)C(O)CS. The average molecular weight is 226 g/mol. The zero-order chi connectivity index (χ0) is 11.4. The van der Waals surface area contributed by atoms with E-state index >= 15 is 0 Å². The maximum absolute atomic E-state index is 9.77. The predicted molar refractivity (Wildman–Crippen MR) is 62.3 cm³/mol. The Balaban J connectivity index is 3.07. The van der Waals surface area contributed by atoms with Crippen molar-refractivity contribution in [1.82, 2.24) is 0 Å². The number of aliphatic hydroxyl groups is 2. The van der Waals surface area contributed by atoms with Crippen molar-refractivity contribution in [2.45, 2.75) is 12.2 Å². The molecule has 0 amide bonds. The maximum Gasteiger partial charge on any atom is 0.123 e. The Hall–Kier alpha value is -1.04. The molecule has 2 unspecified atom stereocenters. The van der Waals surface area contributed by atoms with Crippen LogP contribution in [0.1, 0.15) is 17.2 Å². The summed E-state index contributed by atoms with van der Waals surface area (Å²) in [6, 6.07) is 6.70. The number of hydrogen-bond donors (Lipinski definition) is 5. The summed E-state index contributed by atoms with van der Waals surface area (Å²) >= 11 is 3.90. The molecule has 15 heavy (non-hydrogen) atoms. The second-order valence-corrected chi connectivity index (χ2v) is 3.56. The molecule has 0 aliphatic carbocycles. The number of nitrogen functional groups attached to an aromatic ring is 1. The third kappa shape index (κ3) is 2.71. The number of nitrogens with two attached hydrogens (primary N) is 1. The van der Waals surface area contributed by atoms with Crippen molar-refractivity contribution in [1.29, 1.82) is 5.41 Å². The minimum Gasteiger partial charge on any atom is -0.389 e. The normalized spacial score (nSPS) is 14.6. The van der Waals surface area contributed by atoms with Crippen molar-refractivity contribution >= 4 is 18.5 Å². The van der Waals surface area contributed by atoms with Crippen LogP contribution in [-0.2, 0) is 0 Å². The fourth-order valence-electron chi connectivity index (χ4n) is 1.31. The molecule has 0 aromatic heterocycles. The summed E-state index contributed by atoms with van der Waals surface area (Å²) in [4.78, 5) is 0. The number of hydrogen-bond acceptors (Lipinski definition) is 4. The summed E-state index contributed by atoms with van der Waals surface area (Å²) in [6.07, 6.45) is -2.03. The summed E-state index contributed by atoms with van der Waals surface area (Å²) in [5.41, 5.74) is 6.25. The van der Waals surface area contributed by atoms with Crippen molar-refractivity contribution in [3.63, 3.8) is 0 Å². The molecule has 1 rings (SSSR count). The number of nitrogens with one attached hydrogen (secondary N) is 1. The van der Waals surface area contributed by atoms with E-state index in [4.69, 9.17) is 11.1 Å². The number of rotatable bonds is 4. The number of amidine groups is 1. The molecule has 0 radical (unpaired) electrons. The van der Waals surface area contributed by atoms with Crippen LogP contribution in [0.3, 0.4) is 0 Å². The quantitative estimate of drug-likeness (QED) is 0.290. The molecule has 0 bridgehead atoms. The maximum atomic E-state index is 9.77. The van der Waals surface area contributed by atoms with Gasteiger partial charge in [-0.05, 0) is 5.56 Å². The first-order valence-corrected chi connectivity index (χ1v) is 5.11. The lowest BCUT2D eigenvalue weighted by Crippen LogP contribution is -2.23. The highest BCUT2D eigenvalue weighted by molar-refractivity contribution is 7.80. The Labute approximate surface area is 93.7 Å². The molecule has 5 heteroatoms. The first-order chi connectivity index (χ1) is 7.07. The Bertz CT molecular complexity index is 357. The first-order valence-electron chi connectivity index (χ1n) is 4.48. The molecule has 0 heterocycles. The van der Waals surface area contributed by atoms with Gasteiger partial charge in [0, 0.05) is 11.3 Å². The standard InChI is InChI=1S/C10H14N2O2S/c11-10(12)7-4-2-1-3-6(7)9(14)8(13)5-15/h1-4,8-9,13-15H,5H2,(H3,11,12). The monoisotopic (exact) mass is 226 g/mol. The van der Waals surface area contributed by atoms with Gasteiger partial charge in [0.2, 0.25) is 0 Å². The molecule has 2 atom stereocenters. The van der Waals surface area contributed by atoms with Crippen LogP contribution in [-0.4, -0.2) is 27.9 Å². The van der Waals surface area contributed by atoms with Gasteiger partial charge >= 0.3 is 0 Å². The van der Waals surface area contributed by atoms with Gasteiger partial charge in [0.25, 0.3) is 0 Å². The van der Waals surface area contributed by atoms with Crippen LogP contribution in [0.25, 0.3) is 0 Å². The topological polar surface area (TPSA) is 90.3 Å². The lowest BCUT2D eigenvalue weighted by Gasteiger charge is -2.18. The molecule has 0 aliphatic rings. The fourth-order valence-corrected chi connectivity index (χ4v) is 1.51. The smallest absolute Gasteiger partial charge is 0.123 e. The molecule has 5 N–H and O–H groups in total. The van der Waals surface area contributed by atoms with Gasteiger partial charge in [-0.15, -0.1) is 0 Å². The van der Waals surface area contributed by atoms with Crippen LogP contribution < -0.4 is 5.73 Å². The van der Waals surface area contributed by atoms with Gasteiger partial charge in [-0.25, -0.2) is 0 Å². The molecular weight excluding hydrogens is 212 g/mol. The van der Waals surface area contributed by atoms with Crippen molar-refractivity contribution < 1.29 is 10.2 Å². The highest BCUT2D eigenvalue weighted by atomic mass is 32.1. The van der Waals surface area contributed by atoms with Gasteiger partial charge < -0.3 is 15.9 Å². The Morgan fingerprint density at radius 3 is 2.53 bits per heavy atom. The Morgan fingerprint density at radius 1 is 1.40 bits per heavy atom. The van der Waals surface area contributed by atoms with E-state index in [1.165, 1.54) is 0 Å². The van der Waals surface area contributed by atoms with Crippen molar-refractivity contribution in [3.8, 4) is 0 Å². The van der Waals surface area contributed by atoms with Gasteiger partial charge in [0.05, 0.1) is 6.10 Å². The lowest BCUT2D eigenvalue weighted by molar-refractivity contribution is 0.0336. The van der Waals surface area contributed by atoms with Crippen LogP contribution in [0.5, 0.6) is 0 Å². The van der Waals surface area contributed by atoms with Gasteiger partial charge in [0.1, 0.15) is 11.9 Å². The fraction of sp³-hybridized carbons (Fsp3) is 0.300. The zero-order valence-corrected chi connectivity index (χ0v) is 8.98. The van der Waals surface area contributed by atoms with E-state index in [-0.39, 0.29) is 11.6 Å². The highest BCUT2D eigenvalue weighted by Crippen LogP contribution is 2.21. The summed E-state index contributed by atoms with van der Waals surface area (Å²) in [5, 5.41) is 26.5. The highest BCUT2D eigenvalue weighted by Gasteiger charge is 2.20. The molecule has 1 aromatic carbocycles. The summed E-state index contributed by atoms with van der Waals surface area (Å²) < 4.78 is 0. The summed E-state index contributed by atoms with van der Waals surface area (Å²) in [7, 11) is 0. The third-order valence-corrected chi connectivity index (χ3v) is 2.50. The number of benzene rings is 1. The van der Waals surface area contributed by atoms with Gasteiger partial charge in [0.15, 0.2) is 0 Å². The number of thiol groups is 1. The second-order valence-electron chi connectivity index (χ2n) is 3.20. The molecule has 0 saturated heterocycles. The van der Waals surface area contributed by atoms with Crippen LogP contribution in [0.4, 0.5) is 0 Å². The van der Waals surface area contributed by atoms with E-state index in [0.717, 1.165) is 0 Å². The van der Waals surface area contributed by atoms with E-state index in [1.54, 1.807) is 24.3 Å². The Morgan fingerprint density at radius 2 is 2.00 bits per heavy atom. The average Bonchev–Trinajstić information content (AvgIpc) is 2.27. The molecule has 1 aromatic rings. The number of aliphatic hydroxyl groups excluding tert-OH is 2. The largest absolute Gasteiger partial charge is 0.389 e. The van der Waals surface area contributed by atoms with E-state index in [2.05, 4.69) is 12.6 Å². The first kappa shape index (κ1) is 12.0. The van der Waals surface area contributed by atoms with Gasteiger partial charge in [-0.3, -0.25) is 5.41 Å². The molecule has 0 aliphatic heterocycles. The van der Waals surface area contributed by atoms with Crippen molar-refractivity contribution in [2.24, 2.45) is 5.73 Å². The van der Waals surface area contributed by atoms with E-state index in [0.29, 0.717) is 11.1 Å². The van der Waals surface area contributed by atoms with Crippen molar-refractivity contribution in [3.05, 3.63) is 35.4 Å². The van der Waals surface area contributed by atoms with E-state index in [1.807, 2.05) is 0 Å². The van der Waals surface area contributed by atoms with Crippen LogP contribution in [0.2, 0.25) is 0 Å². The zero-order valence-electron chi connectivity index (χ0n) is 8.09. The van der Waals surface area contributed by atoms with Crippen LogP contribution in [0.15, 0.2) is 24.3 Å². The minimum absolute atomic E-state index is 0.129. The van der Waals surface area contributed by atoms with Gasteiger partial charge in [-0.2, -0.15) is 12.6 Å². The summed E-state index contributed by atoms with van der Waals surface area (Å²) in [6.45, 7) is 0. The third-order valence-electron chi connectivity index (χ3n) is 2.12. The van der Waals surface area contributed by atoms with E-state index < -0.39 is 12.2 Å². The van der Waals surface area contributed by atoms with Crippen molar-refractivity contribution in [2.75, 3.05) is 5.75 Å². The molecule has 82 valence electrons. The molecular formula is C10H14N2O2S. The van der Waals surface area contributed by atoms with Gasteiger partial charge in [-0.1, -0.05) is 24.3 Å². The molecule has 0 fully saturated rings. The predicted octanol–water partition coefficient (Wildman–Crippen LogP) is 0.295. The van der Waals surface area contributed by atoms with Crippen LogP contribution >= 0.6 is 12.6 Å². The lowest BCUT2D eigenvalue weighted by atomic mass is 9.99. The summed E-state index contributed by atoms with van der Waals surface area (Å²) in [5.74, 6) is 0.0175. The van der Waals surface area contributed by atoms with Crippen LogP contribution in [0, 0.1) is 5.41 Å². The molecule has 0 spiro atoms. The van der Waals surface area contributed by atoms with E-state index in [9.17, 15) is 10.2 Å².